The number of rotatable bonds is 4. The van der Waals surface area contributed by atoms with Crippen molar-refractivity contribution >= 4 is 0 Å². The Morgan fingerprint density at radius 1 is 1.42 bits per heavy atom. The Kier molecular flexibility index (Phi) is 4.29. The van der Waals surface area contributed by atoms with E-state index in [1.807, 2.05) is 4.68 Å². The molecule has 1 fully saturated rings. The van der Waals surface area contributed by atoms with Gasteiger partial charge in [-0.25, -0.2) is 9.67 Å². The molecule has 0 bridgehead atoms. The van der Waals surface area contributed by atoms with Crippen LogP contribution in [0.5, 0.6) is 0 Å². The van der Waals surface area contributed by atoms with E-state index in [9.17, 15) is 0 Å². The smallest absolute Gasteiger partial charge is 0.138 e. The normalized spacial score (nSPS) is 24.6. The van der Waals surface area contributed by atoms with Crippen molar-refractivity contribution in [2.45, 2.75) is 71.9 Å². The highest BCUT2D eigenvalue weighted by atomic mass is 15.3. The molecule has 1 aliphatic carbocycles. The van der Waals surface area contributed by atoms with Crippen molar-refractivity contribution in [3.8, 4) is 0 Å². The lowest BCUT2D eigenvalue weighted by atomic mass is 9.65. The lowest BCUT2D eigenvalue weighted by Crippen LogP contribution is -2.43. The summed E-state index contributed by atoms with van der Waals surface area (Å²) >= 11 is 0. The summed E-state index contributed by atoms with van der Waals surface area (Å²) in [4.78, 5) is 4.39. The van der Waals surface area contributed by atoms with Gasteiger partial charge in [0.05, 0.1) is 0 Å². The zero-order valence-corrected chi connectivity index (χ0v) is 12.8. The molecule has 1 aromatic heterocycles. The summed E-state index contributed by atoms with van der Waals surface area (Å²) in [7, 11) is 0. The molecule has 1 aromatic rings. The van der Waals surface area contributed by atoms with Crippen LogP contribution < -0.4 is 5.73 Å². The third-order valence-corrected chi connectivity index (χ3v) is 4.66. The van der Waals surface area contributed by atoms with Crippen molar-refractivity contribution < 1.29 is 0 Å². The summed E-state index contributed by atoms with van der Waals surface area (Å²) in [6.45, 7) is 9.00. The molecule has 0 saturated heterocycles. The molecule has 1 aliphatic rings. The number of hydrogen-bond donors (Lipinski definition) is 1. The number of hydrogen-bond acceptors (Lipinski definition) is 3. The zero-order chi connectivity index (χ0) is 14.0. The second kappa shape index (κ2) is 5.61. The van der Waals surface area contributed by atoms with E-state index < -0.39 is 0 Å². The van der Waals surface area contributed by atoms with Gasteiger partial charge in [-0.2, -0.15) is 5.10 Å². The van der Waals surface area contributed by atoms with Gasteiger partial charge in [0.2, 0.25) is 0 Å². The van der Waals surface area contributed by atoms with Gasteiger partial charge < -0.3 is 5.73 Å². The van der Waals surface area contributed by atoms with Crippen molar-refractivity contribution in [2.24, 2.45) is 17.1 Å². The molecule has 2 N–H and O–H groups in total. The van der Waals surface area contributed by atoms with E-state index in [2.05, 4.69) is 37.8 Å². The van der Waals surface area contributed by atoms with E-state index in [4.69, 9.17) is 5.73 Å². The first kappa shape index (κ1) is 14.5. The van der Waals surface area contributed by atoms with Crippen molar-refractivity contribution in [1.82, 2.24) is 14.8 Å². The second-order valence-electron chi connectivity index (χ2n) is 6.92. The maximum atomic E-state index is 6.50. The fourth-order valence-corrected chi connectivity index (χ4v) is 3.52. The minimum absolute atomic E-state index is 0.192. The Bertz CT molecular complexity index is 408. The van der Waals surface area contributed by atoms with Gasteiger partial charge in [0.25, 0.3) is 0 Å². The van der Waals surface area contributed by atoms with Crippen LogP contribution >= 0.6 is 0 Å². The molecule has 0 aliphatic heterocycles. The van der Waals surface area contributed by atoms with Crippen LogP contribution in [0.15, 0.2) is 6.33 Å². The molecule has 4 nitrogen and oxygen atoms in total. The summed E-state index contributed by atoms with van der Waals surface area (Å²) in [5.41, 5.74) is 6.86. The maximum Gasteiger partial charge on any atom is 0.138 e. The largest absolute Gasteiger partial charge is 0.327 e. The molecule has 19 heavy (non-hydrogen) atoms. The van der Waals surface area contributed by atoms with Gasteiger partial charge in [0.1, 0.15) is 12.2 Å². The fraction of sp³-hybridized carbons (Fsp3) is 0.867. The minimum Gasteiger partial charge on any atom is -0.327 e. The Balaban J connectivity index is 2.07. The van der Waals surface area contributed by atoms with Gasteiger partial charge in [0, 0.05) is 18.5 Å². The zero-order valence-electron chi connectivity index (χ0n) is 12.8. The van der Waals surface area contributed by atoms with E-state index in [0.29, 0.717) is 17.4 Å². The average Bonchev–Trinajstić information content (AvgIpc) is 2.76. The predicted molar refractivity (Wildman–Crippen MR) is 77.8 cm³/mol. The first-order valence-corrected chi connectivity index (χ1v) is 7.56. The summed E-state index contributed by atoms with van der Waals surface area (Å²) in [6.07, 6.45) is 7.70. The molecule has 0 aromatic carbocycles. The molecule has 2 rings (SSSR count). The molecule has 0 spiro atoms. The van der Waals surface area contributed by atoms with Crippen molar-refractivity contribution in [3.63, 3.8) is 0 Å². The molecule has 108 valence electrons. The Morgan fingerprint density at radius 2 is 2.16 bits per heavy atom. The van der Waals surface area contributed by atoms with Crippen LogP contribution in [0.3, 0.4) is 0 Å². The lowest BCUT2D eigenvalue weighted by molar-refractivity contribution is 0.111. The summed E-state index contributed by atoms with van der Waals surface area (Å²) in [6, 6.07) is 0.543. The van der Waals surface area contributed by atoms with Gasteiger partial charge in [-0.15, -0.1) is 0 Å². The minimum atomic E-state index is 0.192. The summed E-state index contributed by atoms with van der Waals surface area (Å²) in [5.74, 6) is 1.63. The van der Waals surface area contributed by atoms with E-state index >= 15 is 0 Å². The molecule has 2 atom stereocenters. The van der Waals surface area contributed by atoms with Crippen LogP contribution in [0.1, 0.15) is 65.2 Å². The molecule has 4 heteroatoms. The van der Waals surface area contributed by atoms with Crippen molar-refractivity contribution in [3.05, 3.63) is 12.2 Å². The van der Waals surface area contributed by atoms with Gasteiger partial charge in [-0.1, -0.05) is 26.7 Å². The number of aromatic nitrogens is 3. The Morgan fingerprint density at radius 3 is 2.79 bits per heavy atom. The van der Waals surface area contributed by atoms with Gasteiger partial charge >= 0.3 is 0 Å². The first-order valence-electron chi connectivity index (χ1n) is 7.56. The predicted octanol–water partition coefficient (Wildman–Crippen LogP) is 2.95. The van der Waals surface area contributed by atoms with E-state index in [-0.39, 0.29) is 6.04 Å². The molecular formula is C15H28N4. The Labute approximate surface area is 116 Å². The van der Waals surface area contributed by atoms with Crippen molar-refractivity contribution in [2.75, 3.05) is 0 Å². The van der Waals surface area contributed by atoms with Crippen LogP contribution in [-0.4, -0.2) is 20.8 Å². The van der Waals surface area contributed by atoms with E-state index in [1.54, 1.807) is 6.33 Å². The highest BCUT2D eigenvalue weighted by molar-refractivity contribution is 4.96. The quantitative estimate of drug-likeness (QED) is 0.909. The first-order chi connectivity index (χ1) is 8.92. The molecule has 0 amide bonds. The van der Waals surface area contributed by atoms with Crippen LogP contribution in [0, 0.1) is 11.3 Å². The lowest BCUT2D eigenvalue weighted by Gasteiger charge is -2.42. The average molecular weight is 264 g/mol. The van der Waals surface area contributed by atoms with E-state index in [0.717, 1.165) is 12.2 Å². The molecule has 0 radical (unpaired) electrons. The van der Waals surface area contributed by atoms with Crippen LogP contribution in [-0.2, 0) is 6.42 Å². The molecule has 1 heterocycles. The van der Waals surface area contributed by atoms with Crippen molar-refractivity contribution in [1.29, 1.82) is 0 Å². The van der Waals surface area contributed by atoms with Crippen LogP contribution in [0.2, 0.25) is 0 Å². The standard InChI is InChI=1S/C15H28N4/c1-11(2)19-14(17-10-18-19)9-13(16)12-7-5-6-8-15(12,3)4/h10-13H,5-9,16H2,1-4H3. The number of nitrogens with two attached hydrogens (primary N) is 1. The molecule has 1 saturated carbocycles. The topological polar surface area (TPSA) is 56.7 Å². The Hall–Kier alpha value is -0.900. The van der Waals surface area contributed by atoms with Crippen LogP contribution in [0.4, 0.5) is 0 Å². The summed E-state index contributed by atoms with van der Waals surface area (Å²) in [5, 5.41) is 4.30. The van der Waals surface area contributed by atoms with Crippen LogP contribution in [0.25, 0.3) is 0 Å². The fourth-order valence-electron chi connectivity index (χ4n) is 3.52. The molecular weight excluding hydrogens is 236 g/mol. The summed E-state index contributed by atoms with van der Waals surface area (Å²) < 4.78 is 2.00. The monoisotopic (exact) mass is 264 g/mol. The number of nitrogens with zero attached hydrogens (tertiary/aromatic N) is 3. The third kappa shape index (κ3) is 3.16. The maximum absolute atomic E-state index is 6.50. The van der Waals surface area contributed by atoms with E-state index in [1.165, 1.54) is 25.7 Å². The van der Waals surface area contributed by atoms with Gasteiger partial charge in [0.15, 0.2) is 0 Å². The van der Waals surface area contributed by atoms with Gasteiger partial charge in [-0.3, -0.25) is 0 Å². The second-order valence-corrected chi connectivity index (χ2v) is 6.92. The molecule has 2 unspecified atom stereocenters. The van der Waals surface area contributed by atoms with Gasteiger partial charge in [-0.05, 0) is 38.0 Å². The SMILES string of the molecule is CC(C)n1ncnc1CC(N)C1CCCCC1(C)C. The third-order valence-electron chi connectivity index (χ3n) is 4.66. The highest BCUT2D eigenvalue weighted by Crippen LogP contribution is 2.42. The highest BCUT2D eigenvalue weighted by Gasteiger charge is 2.36.